The molecule has 1 atom stereocenters. The third kappa shape index (κ3) is 3.39. The third-order valence-corrected chi connectivity index (χ3v) is 3.51. The minimum atomic E-state index is -0.503. The molecule has 0 radical (unpaired) electrons. The van der Waals surface area contributed by atoms with Gasteiger partial charge in [-0.3, -0.25) is 10.1 Å². The summed E-state index contributed by atoms with van der Waals surface area (Å²) in [4.78, 5) is 22.4. The molecule has 0 aromatic heterocycles. The Balaban J connectivity index is 2.19. The first kappa shape index (κ1) is 14.6. The van der Waals surface area contributed by atoms with Gasteiger partial charge < -0.3 is 10.1 Å². The minimum absolute atomic E-state index is 0.135. The largest absolute Gasteiger partial charge is 0.490 e. The fourth-order valence-electron chi connectivity index (χ4n) is 1.65. The van der Waals surface area contributed by atoms with Gasteiger partial charge in [0.15, 0.2) is 0 Å². The highest BCUT2D eigenvalue weighted by Crippen LogP contribution is 2.28. The van der Waals surface area contributed by atoms with Crippen LogP contribution in [0.1, 0.15) is 25.8 Å². The number of imide groups is 1. The van der Waals surface area contributed by atoms with Crippen molar-refractivity contribution in [2.45, 2.75) is 26.4 Å². The maximum absolute atomic E-state index is 11.4. The van der Waals surface area contributed by atoms with Gasteiger partial charge >= 0.3 is 6.03 Å². The summed E-state index contributed by atoms with van der Waals surface area (Å²) in [7, 11) is 0. The fourth-order valence-corrected chi connectivity index (χ4v) is 2.14. The third-order valence-electron chi connectivity index (χ3n) is 2.89. The molecule has 5 nitrogen and oxygen atoms in total. The summed E-state index contributed by atoms with van der Waals surface area (Å²) in [5.74, 6) is 0.326. The molecular formula is C14H15BrN2O3. The topological polar surface area (TPSA) is 67.4 Å². The van der Waals surface area contributed by atoms with Crippen molar-refractivity contribution in [3.05, 3.63) is 33.9 Å². The predicted molar refractivity (Wildman–Crippen MR) is 79.2 cm³/mol. The van der Waals surface area contributed by atoms with E-state index in [9.17, 15) is 9.59 Å². The minimum Gasteiger partial charge on any atom is -0.490 e. The van der Waals surface area contributed by atoms with Crippen LogP contribution in [0.5, 0.6) is 5.75 Å². The van der Waals surface area contributed by atoms with Gasteiger partial charge in [0.1, 0.15) is 11.4 Å². The van der Waals surface area contributed by atoms with Crippen LogP contribution in [0.25, 0.3) is 6.08 Å². The summed E-state index contributed by atoms with van der Waals surface area (Å²) < 4.78 is 6.54. The van der Waals surface area contributed by atoms with Crippen LogP contribution in [0.2, 0.25) is 0 Å². The zero-order valence-corrected chi connectivity index (χ0v) is 12.8. The van der Waals surface area contributed by atoms with Crippen LogP contribution in [-0.2, 0) is 4.79 Å². The van der Waals surface area contributed by atoms with Crippen LogP contribution in [0.4, 0.5) is 4.79 Å². The number of urea groups is 1. The second kappa shape index (κ2) is 6.09. The molecule has 20 heavy (non-hydrogen) atoms. The van der Waals surface area contributed by atoms with Crippen molar-refractivity contribution in [2.24, 2.45) is 0 Å². The number of carbonyl (C=O) groups excluding carboxylic acids is 2. The molecule has 1 saturated heterocycles. The molecule has 0 saturated carbocycles. The zero-order valence-electron chi connectivity index (χ0n) is 11.2. The van der Waals surface area contributed by atoms with Gasteiger partial charge in [0.25, 0.3) is 5.91 Å². The monoisotopic (exact) mass is 338 g/mol. The summed E-state index contributed by atoms with van der Waals surface area (Å²) in [5, 5.41) is 4.60. The van der Waals surface area contributed by atoms with Gasteiger partial charge in [0.2, 0.25) is 0 Å². The smallest absolute Gasteiger partial charge is 0.326 e. The lowest BCUT2D eigenvalue weighted by atomic mass is 10.2. The second-order valence-corrected chi connectivity index (χ2v) is 5.35. The first-order chi connectivity index (χ1) is 9.49. The molecule has 2 rings (SSSR count). The molecule has 1 heterocycles. The number of amides is 3. The Morgan fingerprint density at radius 2 is 2.10 bits per heavy atom. The Morgan fingerprint density at radius 1 is 1.35 bits per heavy atom. The van der Waals surface area contributed by atoms with Gasteiger partial charge in [-0.2, -0.15) is 0 Å². The van der Waals surface area contributed by atoms with E-state index in [4.69, 9.17) is 4.74 Å². The van der Waals surface area contributed by atoms with Crippen LogP contribution in [0, 0.1) is 0 Å². The number of rotatable bonds is 4. The molecule has 0 bridgehead atoms. The van der Waals surface area contributed by atoms with Crippen molar-refractivity contribution in [3.8, 4) is 5.75 Å². The van der Waals surface area contributed by atoms with E-state index in [-0.39, 0.29) is 11.8 Å². The highest BCUT2D eigenvalue weighted by atomic mass is 79.9. The van der Waals surface area contributed by atoms with E-state index < -0.39 is 11.9 Å². The lowest BCUT2D eigenvalue weighted by Crippen LogP contribution is -2.22. The van der Waals surface area contributed by atoms with Gasteiger partial charge in [0, 0.05) is 0 Å². The molecule has 2 N–H and O–H groups in total. The number of carbonyl (C=O) groups is 2. The Bertz CT molecular complexity index is 584. The van der Waals surface area contributed by atoms with Crippen LogP contribution >= 0.6 is 15.9 Å². The summed E-state index contributed by atoms with van der Waals surface area (Å²) in [5.41, 5.74) is 1.03. The average molecular weight is 339 g/mol. The maximum atomic E-state index is 11.4. The number of benzene rings is 1. The molecule has 1 aromatic rings. The molecule has 3 amide bonds. The molecule has 106 valence electrons. The Morgan fingerprint density at radius 3 is 2.65 bits per heavy atom. The van der Waals surface area contributed by atoms with Crippen molar-refractivity contribution in [3.63, 3.8) is 0 Å². The van der Waals surface area contributed by atoms with E-state index in [1.54, 1.807) is 6.08 Å². The van der Waals surface area contributed by atoms with Crippen molar-refractivity contribution >= 4 is 33.9 Å². The van der Waals surface area contributed by atoms with E-state index in [0.717, 1.165) is 22.2 Å². The molecule has 1 aliphatic heterocycles. The van der Waals surface area contributed by atoms with E-state index in [0.29, 0.717) is 0 Å². The average Bonchev–Trinajstić information content (AvgIpc) is 2.71. The predicted octanol–water partition coefficient (Wildman–Crippen LogP) is 2.81. The molecule has 0 aliphatic carbocycles. The van der Waals surface area contributed by atoms with E-state index >= 15 is 0 Å². The quantitative estimate of drug-likeness (QED) is 0.655. The lowest BCUT2D eigenvalue weighted by molar-refractivity contribution is -0.115. The van der Waals surface area contributed by atoms with Gasteiger partial charge in [-0.05, 0) is 53.0 Å². The normalized spacial score (nSPS) is 17.9. The van der Waals surface area contributed by atoms with E-state index in [2.05, 4.69) is 33.5 Å². The van der Waals surface area contributed by atoms with Crippen molar-refractivity contribution in [1.82, 2.24) is 10.6 Å². The van der Waals surface area contributed by atoms with Gasteiger partial charge in [0.05, 0.1) is 10.6 Å². The van der Waals surface area contributed by atoms with Crippen molar-refractivity contribution < 1.29 is 14.3 Å². The van der Waals surface area contributed by atoms with Gasteiger partial charge in [-0.15, -0.1) is 0 Å². The summed E-state index contributed by atoms with van der Waals surface area (Å²) in [6, 6.07) is 4.99. The molecule has 1 fully saturated rings. The Labute approximate surface area is 125 Å². The summed E-state index contributed by atoms with van der Waals surface area (Å²) in [6.07, 6.45) is 2.66. The van der Waals surface area contributed by atoms with Gasteiger partial charge in [-0.1, -0.05) is 13.0 Å². The highest BCUT2D eigenvalue weighted by Gasteiger charge is 2.22. The number of hydrogen-bond donors (Lipinski definition) is 2. The standard InChI is InChI=1S/C14H15BrN2O3/c1-3-8(2)20-12-5-4-9(6-10(12)15)7-11-13(18)17-14(19)16-11/h4-8H,3H2,1-2H3,(H2,16,17,18,19)/b11-7-/t8-/m0/s1. The molecule has 0 unspecified atom stereocenters. The summed E-state index contributed by atoms with van der Waals surface area (Å²) in [6.45, 7) is 4.06. The molecular weight excluding hydrogens is 324 g/mol. The van der Waals surface area contributed by atoms with Crippen LogP contribution in [-0.4, -0.2) is 18.0 Å². The lowest BCUT2D eigenvalue weighted by Gasteiger charge is -2.14. The Kier molecular flexibility index (Phi) is 4.44. The number of hydrogen-bond acceptors (Lipinski definition) is 3. The number of nitrogens with one attached hydrogen (secondary N) is 2. The molecule has 0 spiro atoms. The Hall–Kier alpha value is -1.82. The highest BCUT2D eigenvalue weighted by molar-refractivity contribution is 9.10. The first-order valence-electron chi connectivity index (χ1n) is 6.30. The van der Waals surface area contributed by atoms with Crippen LogP contribution < -0.4 is 15.4 Å². The van der Waals surface area contributed by atoms with Crippen molar-refractivity contribution in [2.75, 3.05) is 0 Å². The fraction of sp³-hybridized carbons (Fsp3) is 0.286. The summed E-state index contributed by atoms with van der Waals surface area (Å²) >= 11 is 3.44. The molecule has 1 aromatic carbocycles. The number of ether oxygens (including phenoxy) is 1. The van der Waals surface area contributed by atoms with E-state index in [1.165, 1.54) is 0 Å². The zero-order chi connectivity index (χ0) is 14.7. The second-order valence-electron chi connectivity index (χ2n) is 4.49. The van der Waals surface area contributed by atoms with Crippen molar-refractivity contribution in [1.29, 1.82) is 0 Å². The molecule has 6 heteroatoms. The number of halogens is 1. The first-order valence-corrected chi connectivity index (χ1v) is 7.09. The van der Waals surface area contributed by atoms with Gasteiger partial charge in [-0.25, -0.2) is 4.79 Å². The molecule has 1 aliphatic rings. The van der Waals surface area contributed by atoms with Crippen LogP contribution in [0.15, 0.2) is 28.4 Å². The van der Waals surface area contributed by atoms with Crippen LogP contribution in [0.3, 0.4) is 0 Å². The SMILES string of the molecule is CC[C@H](C)Oc1ccc(/C=C2\NC(=O)NC2=O)cc1Br. The maximum Gasteiger partial charge on any atom is 0.326 e. The van der Waals surface area contributed by atoms with E-state index in [1.807, 2.05) is 25.1 Å².